The highest BCUT2D eigenvalue weighted by atomic mass is 16.2. The Morgan fingerprint density at radius 1 is 1.18 bits per heavy atom. The Hall–Kier alpha value is -0.610. The van der Waals surface area contributed by atoms with E-state index in [1.54, 1.807) is 0 Å². The largest absolute Gasteiger partial charge is 0.340 e. The van der Waals surface area contributed by atoms with Crippen molar-refractivity contribution in [1.29, 1.82) is 0 Å². The molecule has 2 N–H and O–H groups in total. The van der Waals surface area contributed by atoms with Gasteiger partial charge in [-0.2, -0.15) is 0 Å². The van der Waals surface area contributed by atoms with Crippen LogP contribution in [0.25, 0.3) is 0 Å². The Morgan fingerprint density at radius 2 is 1.76 bits per heavy atom. The van der Waals surface area contributed by atoms with E-state index >= 15 is 0 Å². The van der Waals surface area contributed by atoms with E-state index in [-0.39, 0.29) is 11.8 Å². The van der Waals surface area contributed by atoms with E-state index in [0.717, 1.165) is 38.6 Å². The topological polar surface area (TPSA) is 49.6 Å². The summed E-state index contributed by atoms with van der Waals surface area (Å²) >= 11 is 0. The second-order valence-corrected chi connectivity index (χ2v) is 5.49. The molecule has 0 bridgehead atoms. The molecule has 0 spiro atoms. The van der Waals surface area contributed by atoms with E-state index in [0.29, 0.717) is 6.54 Å². The predicted octanol–water partition coefficient (Wildman–Crippen LogP) is 0.772. The van der Waals surface area contributed by atoms with E-state index < -0.39 is 0 Å². The van der Waals surface area contributed by atoms with Gasteiger partial charge in [-0.3, -0.25) is 9.69 Å². The minimum Gasteiger partial charge on any atom is -0.340 e. The highest BCUT2D eigenvalue weighted by molar-refractivity contribution is 5.78. The lowest BCUT2D eigenvalue weighted by atomic mass is 10.1. The highest BCUT2D eigenvalue weighted by Gasteiger charge is 2.23. The number of rotatable bonds is 5. The number of carbonyl (C=O) groups excluding carboxylic acids is 1. The van der Waals surface area contributed by atoms with Crippen molar-refractivity contribution in [3.63, 3.8) is 0 Å². The molecule has 4 heteroatoms. The van der Waals surface area contributed by atoms with Crippen LogP contribution >= 0.6 is 0 Å². The number of nitrogens with two attached hydrogens (primary N) is 1. The summed E-state index contributed by atoms with van der Waals surface area (Å²) in [6.45, 7) is 11.8. The Bertz CT molecular complexity index is 235. The van der Waals surface area contributed by atoms with E-state index in [1.165, 1.54) is 6.42 Å². The van der Waals surface area contributed by atoms with Gasteiger partial charge in [-0.1, -0.05) is 20.8 Å². The standard InChI is InChI=1S/C13H27N3O/c1-11(2)4-5-15-6-8-16(9-7-15)13(17)12(3)10-14/h11-12H,4-10,14H2,1-3H3. The molecule has 1 heterocycles. The minimum absolute atomic E-state index is 0.0304. The predicted molar refractivity (Wildman–Crippen MR) is 70.7 cm³/mol. The maximum absolute atomic E-state index is 11.9. The average molecular weight is 241 g/mol. The van der Waals surface area contributed by atoms with Crippen LogP contribution < -0.4 is 5.73 Å². The molecule has 4 nitrogen and oxygen atoms in total. The smallest absolute Gasteiger partial charge is 0.226 e. The van der Waals surface area contributed by atoms with Crippen molar-refractivity contribution in [3.8, 4) is 0 Å². The number of carbonyl (C=O) groups is 1. The van der Waals surface area contributed by atoms with Gasteiger partial charge in [0.15, 0.2) is 0 Å². The first-order valence-electron chi connectivity index (χ1n) is 6.75. The Morgan fingerprint density at radius 3 is 2.24 bits per heavy atom. The Kier molecular flexibility index (Phi) is 5.92. The second kappa shape index (κ2) is 6.97. The molecule has 100 valence electrons. The summed E-state index contributed by atoms with van der Waals surface area (Å²) in [7, 11) is 0. The molecule has 0 radical (unpaired) electrons. The summed E-state index contributed by atoms with van der Waals surface area (Å²) < 4.78 is 0. The summed E-state index contributed by atoms with van der Waals surface area (Å²) in [5.74, 6) is 0.945. The first kappa shape index (κ1) is 14.5. The molecule has 17 heavy (non-hydrogen) atoms. The summed E-state index contributed by atoms with van der Waals surface area (Å²) in [5, 5.41) is 0. The van der Waals surface area contributed by atoms with Crippen LogP contribution in [0.15, 0.2) is 0 Å². The van der Waals surface area contributed by atoms with Gasteiger partial charge in [0.05, 0.1) is 0 Å². The molecule has 0 saturated carbocycles. The molecular formula is C13H27N3O. The fraction of sp³-hybridized carbons (Fsp3) is 0.923. The molecule has 1 aliphatic heterocycles. The zero-order chi connectivity index (χ0) is 12.8. The van der Waals surface area contributed by atoms with Crippen molar-refractivity contribution in [3.05, 3.63) is 0 Å². The van der Waals surface area contributed by atoms with Crippen LogP contribution in [0.5, 0.6) is 0 Å². The van der Waals surface area contributed by atoms with Crippen molar-refractivity contribution >= 4 is 5.91 Å². The van der Waals surface area contributed by atoms with Gasteiger partial charge in [-0.15, -0.1) is 0 Å². The second-order valence-electron chi connectivity index (χ2n) is 5.49. The molecule has 0 aromatic rings. The Labute approximate surface area is 105 Å². The number of piperazine rings is 1. The third-order valence-electron chi connectivity index (χ3n) is 3.48. The molecule has 1 amide bonds. The van der Waals surface area contributed by atoms with Crippen molar-refractivity contribution < 1.29 is 4.79 Å². The molecule has 1 atom stereocenters. The molecule has 1 saturated heterocycles. The molecule has 1 aliphatic rings. The van der Waals surface area contributed by atoms with Crippen LogP contribution in [0.2, 0.25) is 0 Å². The van der Waals surface area contributed by atoms with Gasteiger partial charge in [0.2, 0.25) is 5.91 Å². The van der Waals surface area contributed by atoms with Crippen LogP contribution in [0.1, 0.15) is 27.2 Å². The van der Waals surface area contributed by atoms with E-state index in [2.05, 4.69) is 18.7 Å². The minimum atomic E-state index is -0.0304. The monoisotopic (exact) mass is 241 g/mol. The lowest BCUT2D eigenvalue weighted by molar-refractivity contribution is -0.136. The normalized spacial score (nSPS) is 19.7. The van der Waals surface area contributed by atoms with Crippen molar-refractivity contribution in [2.24, 2.45) is 17.6 Å². The molecule has 1 fully saturated rings. The van der Waals surface area contributed by atoms with Crippen molar-refractivity contribution in [2.75, 3.05) is 39.3 Å². The fourth-order valence-electron chi connectivity index (χ4n) is 2.05. The number of hydrogen-bond acceptors (Lipinski definition) is 3. The summed E-state index contributed by atoms with van der Waals surface area (Å²) in [4.78, 5) is 16.3. The summed E-state index contributed by atoms with van der Waals surface area (Å²) in [6, 6.07) is 0. The zero-order valence-electron chi connectivity index (χ0n) is 11.5. The summed E-state index contributed by atoms with van der Waals surface area (Å²) in [6.07, 6.45) is 1.24. The molecular weight excluding hydrogens is 214 g/mol. The first-order chi connectivity index (χ1) is 8.04. The van der Waals surface area contributed by atoms with Crippen LogP contribution in [0, 0.1) is 11.8 Å². The third kappa shape index (κ3) is 4.64. The zero-order valence-corrected chi connectivity index (χ0v) is 11.5. The third-order valence-corrected chi connectivity index (χ3v) is 3.48. The number of amides is 1. The molecule has 1 unspecified atom stereocenters. The van der Waals surface area contributed by atoms with E-state index in [1.807, 2.05) is 11.8 Å². The maximum atomic E-state index is 11.9. The lowest BCUT2D eigenvalue weighted by Gasteiger charge is -2.36. The van der Waals surface area contributed by atoms with Gasteiger partial charge < -0.3 is 10.6 Å². The fourth-order valence-corrected chi connectivity index (χ4v) is 2.05. The van der Waals surface area contributed by atoms with Gasteiger partial charge in [-0.05, 0) is 18.9 Å². The van der Waals surface area contributed by atoms with Gasteiger partial charge in [0.1, 0.15) is 0 Å². The van der Waals surface area contributed by atoms with Gasteiger partial charge in [0.25, 0.3) is 0 Å². The van der Waals surface area contributed by atoms with Gasteiger partial charge >= 0.3 is 0 Å². The van der Waals surface area contributed by atoms with Gasteiger partial charge in [0, 0.05) is 38.6 Å². The SMILES string of the molecule is CC(C)CCN1CCN(C(=O)C(C)CN)CC1. The molecule has 0 aliphatic carbocycles. The van der Waals surface area contributed by atoms with Crippen LogP contribution in [-0.4, -0.2) is 55.0 Å². The van der Waals surface area contributed by atoms with E-state index in [4.69, 9.17) is 5.73 Å². The van der Waals surface area contributed by atoms with Crippen LogP contribution in [0.4, 0.5) is 0 Å². The quantitative estimate of drug-likeness (QED) is 0.773. The molecule has 0 aromatic carbocycles. The summed E-state index contributed by atoms with van der Waals surface area (Å²) in [5.41, 5.74) is 5.53. The number of nitrogens with zero attached hydrogens (tertiary/aromatic N) is 2. The van der Waals surface area contributed by atoms with Crippen LogP contribution in [-0.2, 0) is 4.79 Å². The van der Waals surface area contributed by atoms with Crippen molar-refractivity contribution in [2.45, 2.75) is 27.2 Å². The van der Waals surface area contributed by atoms with Gasteiger partial charge in [-0.25, -0.2) is 0 Å². The molecule has 1 rings (SSSR count). The van der Waals surface area contributed by atoms with Crippen molar-refractivity contribution in [1.82, 2.24) is 9.80 Å². The lowest BCUT2D eigenvalue weighted by Crippen LogP contribution is -2.51. The highest BCUT2D eigenvalue weighted by Crippen LogP contribution is 2.09. The first-order valence-corrected chi connectivity index (χ1v) is 6.75. The Balaban J connectivity index is 2.28. The molecule has 0 aromatic heterocycles. The number of hydrogen-bond donors (Lipinski definition) is 1. The van der Waals surface area contributed by atoms with E-state index in [9.17, 15) is 4.79 Å². The maximum Gasteiger partial charge on any atom is 0.226 e. The van der Waals surface area contributed by atoms with Crippen LogP contribution in [0.3, 0.4) is 0 Å². The average Bonchev–Trinajstić information content (AvgIpc) is 2.35.